The van der Waals surface area contributed by atoms with Crippen LogP contribution in [0.15, 0.2) is 35.2 Å². The van der Waals surface area contributed by atoms with Gasteiger partial charge in [-0.15, -0.1) is 0 Å². The molecule has 3 nitrogen and oxygen atoms in total. The Labute approximate surface area is 141 Å². The van der Waals surface area contributed by atoms with Crippen molar-refractivity contribution in [2.75, 3.05) is 6.61 Å². The van der Waals surface area contributed by atoms with Gasteiger partial charge in [-0.3, -0.25) is 4.18 Å². The number of unbranched alkanes of at least 4 members (excludes halogenated alkanes) is 3. The Bertz CT molecular complexity index is 757. The molecule has 0 atom stereocenters. The fourth-order valence-electron chi connectivity index (χ4n) is 2.21. The predicted molar refractivity (Wildman–Crippen MR) is 91.2 cm³/mol. The smallest absolute Gasteiger partial charge is 0.266 e. The standard InChI is InChI=1S/C16H18Cl2O3S/c1-2-3-4-7-10-21-22(19,20)15-11-14(17)12-8-5-6-9-13(12)16(15)18/h5-6,8-9,11H,2-4,7,10H2,1H3. The van der Waals surface area contributed by atoms with Crippen molar-refractivity contribution in [3.05, 3.63) is 40.4 Å². The van der Waals surface area contributed by atoms with Crippen LogP contribution in [-0.4, -0.2) is 15.0 Å². The second-order valence-corrected chi connectivity index (χ2v) is 7.42. The highest BCUT2D eigenvalue weighted by molar-refractivity contribution is 7.87. The third-order valence-corrected chi connectivity index (χ3v) is 5.57. The van der Waals surface area contributed by atoms with Crippen LogP contribution in [0.5, 0.6) is 0 Å². The van der Waals surface area contributed by atoms with Crippen molar-refractivity contribution in [2.45, 2.75) is 37.5 Å². The van der Waals surface area contributed by atoms with Gasteiger partial charge in [0.15, 0.2) is 0 Å². The Morgan fingerprint density at radius 1 is 1.05 bits per heavy atom. The first-order valence-electron chi connectivity index (χ1n) is 7.23. The Balaban J connectivity index is 2.27. The molecule has 2 aromatic rings. The lowest BCUT2D eigenvalue weighted by Gasteiger charge is -2.11. The first-order chi connectivity index (χ1) is 10.5. The number of halogens is 2. The molecule has 0 unspecified atom stereocenters. The third kappa shape index (κ3) is 3.93. The van der Waals surface area contributed by atoms with Crippen molar-refractivity contribution < 1.29 is 12.6 Å². The molecule has 0 saturated carbocycles. The molecule has 0 heterocycles. The Morgan fingerprint density at radius 2 is 1.73 bits per heavy atom. The van der Waals surface area contributed by atoms with Gasteiger partial charge in [0.05, 0.1) is 11.6 Å². The molecule has 6 heteroatoms. The van der Waals surface area contributed by atoms with Gasteiger partial charge >= 0.3 is 0 Å². The van der Waals surface area contributed by atoms with Crippen molar-refractivity contribution in [3.63, 3.8) is 0 Å². The molecule has 120 valence electrons. The maximum absolute atomic E-state index is 12.3. The van der Waals surface area contributed by atoms with Crippen LogP contribution in [0.4, 0.5) is 0 Å². The van der Waals surface area contributed by atoms with Gasteiger partial charge in [0, 0.05) is 15.8 Å². The van der Waals surface area contributed by atoms with Gasteiger partial charge in [0.1, 0.15) is 4.90 Å². The summed E-state index contributed by atoms with van der Waals surface area (Å²) < 4.78 is 29.7. The molecule has 0 aromatic heterocycles. The summed E-state index contributed by atoms with van der Waals surface area (Å²) >= 11 is 12.4. The SMILES string of the molecule is CCCCCCOS(=O)(=O)c1cc(Cl)c2ccccc2c1Cl. The molecule has 0 saturated heterocycles. The molecule has 0 bridgehead atoms. The molecule has 0 aliphatic carbocycles. The van der Waals surface area contributed by atoms with E-state index >= 15 is 0 Å². The van der Waals surface area contributed by atoms with Crippen molar-refractivity contribution in [2.24, 2.45) is 0 Å². The zero-order valence-corrected chi connectivity index (χ0v) is 14.6. The lowest BCUT2D eigenvalue weighted by molar-refractivity contribution is 0.307. The third-order valence-electron chi connectivity index (χ3n) is 3.40. The normalized spacial score (nSPS) is 12.0. The van der Waals surface area contributed by atoms with Gasteiger partial charge in [-0.05, 0) is 12.5 Å². The van der Waals surface area contributed by atoms with E-state index in [-0.39, 0.29) is 16.5 Å². The summed E-state index contributed by atoms with van der Waals surface area (Å²) in [5, 5.41) is 1.81. The summed E-state index contributed by atoms with van der Waals surface area (Å²) in [5.74, 6) is 0. The number of rotatable bonds is 7. The minimum atomic E-state index is -3.91. The first-order valence-corrected chi connectivity index (χ1v) is 9.40. The highest BCUT2D eigenvalue weighted by Gasteiger charge is 2.22. The molecule has 0 fully saturated rings. The molecule has 22 heavy (non-hydrogen) atoms. The summed E-state index contributed by atoms with van der Waals surface area (Å²) in [6.07, 6.45) is 3.79. The summed E-state index contributed by atoms with van der Waals surface area (Å²) in [6, 6.07) is 8.50. The largest absolute Gasteiger partial charge is 0.298 e. The van der Waals surface area contributed by atoms with Crippen LogP contribution in [0, 0.1) is 0 Å². The van der Waals surface area contributed by atoms with Gasteiger partial charge in [0.2, 0.25) is 0 Å². The molecular formula is C16H18Cl2O3S. The van der Waals surface area contributed by atoms with Gasteiger partial charge in [-0.2, -0.15) is 8.42 Å². The maximum atomic E-state index is 12.3. The van der Waals surface area contributed by atoms with Gasteiger partial charge < -0.3 is 0 Å². The second kappa shape index (κ2) is 7.64. The van der Waals surface area contributed by atoms with Crippen LogP contribution in [0.1, 0.15) is 32.6 Å². The van der Waals surface area contributed by atoms with E-state index in [9.17, 15) is 8.42 Å². The zero-order chi connectivity index (χ0) is 16.2. The number of fused-ring (bicyclic) bond motifs is 1. The molecule has 0 aliphatic heterocycles. The van der Waals surface area contributed by atoms with E-state index in [0.29, 0.717) is 16.8 Å². The minimum absolute atomic E-state index is 0.0756. The predicted octanol–water partition coefficient (Wildman–Crippen LogP) is 5.43. The van der Waals surface area contributed by atoms with Crippen LogP contribution < -0.4 is 0 Å². The van der Waals surface area contributed by atoms with Gasteiger partial charge in [-0.25, -0.2) is 0 Å². The van der Waals surface area contributed by atoms with Gasteiger partial charge in [-0.1, -0.05) is 73.7 Å². The Morgan fingerprint density at radius 3 is 2.41 bits per heavy atom. The lowest BCUT2D eigenvalue weighted by atomic mass is 10.1. The van der Waals surface area contributed by atoms with Crippen molar-refractivity contribution in [1.29, 1.82) is 0 Å². The molecule has 0 amide bonds. The van der Waals surface area contributed by atoms with E-state index in [1.165, 1.54) is 6.07 Å². The fraction of sp³-hybridized carbons (Fsp3) is 0.375. The number of hydrogen-bond acceptors (Lipinski definition) is 3. The number of hydrogen-bond donors (Lipinski definition) is 0. The van der Waals surface area contributed by atoms with Crippen LogP contribution in [0.25, 0.3) is 10.8 Å². The van der Waals surface area contributed by atoms with Crippen LogP contribution in [0.2, 0.25) is 10.0 Å². The molecule has 0 radical (unpaired) electrons. The summed E-state index contributed by atoms with van der Waals surface area (Å²) in [5.41, 5.74) is 0. The summed E-state index contributed by atoms with van der Waals surface area (Å²) in [6.45, 7) is 2.25. The van der Waals surface area contributed by atoms with Crippen molar-refractivity contribution >= 4 is 44.1 Å². The van der Waals surface area contributed by atoms with E-state index in [1.807, 2.05) is 6.07 Å². The van der Waals surface area contributed by atoms with E-state index in [0.717, 1.165) is 24.6 Å². The second-order valence-electron chi connectivity index (χ2n) is 5.05. The molecule has 2 aromatic carbocycles. The average Bonchev–Trinajstić information content (AvgIpc) is 2.50. The maximum Gasteiger partial charge on any atom is 0.298 e. The topological polar surface area (TPSA) is 43.4 Å². The monoisotopic (exact) mass is 360 g/mol. The van der Waals surface area contributed by atoms with Crippen LogP contribution >= 0.6 is 23.2 Å². The van der Waals surface area contributed by atoms with Crippen LogP contribution in [-0.2, 0) is 14.3 Å². The first kappa shape index (κ1) is 17.5. The van der Waals surface area contributed by atoms with Crippen LogP contribution in [0.3, 0.4) is 0 Å². The molecule has 0 spiro atoms. The number of benzene rings is 2. The molecule has 2 rings (SSSR count). The van der Waals surface area contributed by atoms with Crippen molar-refractivity contribution in [1.82, 2.24) is 0 Å². The summed E-state index contributed by atoms with van der Waals surface area (Å²) in [7, 11) is -3.91. The fourth-order valence-corrected chi connectivity index (χ4v) is 4.11. The zero-order valence-electron chi connectivity index (χ0n) is 12.3. The van der Waals surface area contributed by atoms with E-state index in [4.69, 9.17) is 27.4 Å². The molecular weight excluding hydrogens is 343 g/mol. The van der Waals surface area contributed by atoms with E-state index < -0.39 is 10.1 Å². The highest BCUT2D eigenvalue weighted by atomic mass is 35.5. The van der Waals surface area contributed by atoms with Crippen molar-refractivity contribution in [3.8, 4) is 0 Å². The Hall–Kier alpha value is -0.810. The highest BCUT2D eigenvalue weighted by Crippen LogP contribution is 2.36. The lowest BCUT2D eigenvalue weighted by Crippen LogP contribution is -2.08. The van der Waals surface area contributed by atoms with E-state index in [2.05, 4.69) is 6.92 Å². The Kier molecular flexibility index (Phi) is 6.09. The van der Waals surface area contributed by atoms with Gasteiger partial charge in [0.25, 0.3) is 10.1 Å². The minimum Gasteiger partial charge on any atom is -0.266 e. The summed E-state index contributed by atoms with van der Waals surface area (Å²) in [4.78, 5) is -0.0756. The average molecular weight is 361 g/mol. The molecule has 0 N–H and O–H groups in total. The van der Waals surface area contributed by atoms with E-state index in [1.54, 1.807) is 18.2 Å². The quantitative estimate of drug-likeness (QED) is 0.488. The molecule has 0 aliphatic rings.